The lowest BCUT2D eigenvalue weighted by Crippen LogP contribution is -2.35. The molecule has 2 aromatic carbocycles. The summed E-state index contributed by atoms with van der Waals surface area (Å²) < 4.78 is 0.689. The first-order chi connectivity index (χ1) is 15.4. The van der Waals surface area contributed by atoms with Crippen molar-refractivity contribution in [2.75, 3.05) is 13.6 Å². The van der Waals surface area contributed by atoms with E-state index in [1.165, 1.54) is 23.3 Å². The average Bonchev–Trinajstić information content (AvgIpc) is 3.11. The topological polar surface area (TPSA) is 75.2 Å². The van der Waals surface area contributed by atoms with Crippen LogP contribution in [0.3, 0.4) is 0 Å². The molecule has 0 spiro atoms. The molecule has 0 bridgehead atoms. The molecule has 0 unspecified atom stereocenters. The number of amides is 2. The van der Waals surface area contributed by atoms with Crippen LogP contribution in [-0.2, 0) is 17.8 Å². The van der Waals surface area contributed by atoms with Gasteiger partial charge in [0.15, 0.2) is 0 Å². The Morgan fingerprint density at radius 3 is 2.66 bits per heavy atom. The number of carbonyl (C=O) groups excluding carboxylic acids is 2. The van der Waals surface area contributed by atoms with Gasteiger partial charge in [0.1, 0.15) is 6.54 Å². The van der Waals surface area contributed by atoms with Crippen LogP contribution in [0.25, 0.3) is 11.3 Å². The van der Waals surface area contributed by atoms with E-state index in [2.05, 4.69) is 68.5 Å². The summed E-state index contributed by atoms with van der Waals surface area (Å²) in [4.78, 5) is 33.5. The summed E-state index contributed by atoms with van der Waals surface area (Å²) >= 11 is 9.23. The van der Waals surface area contributed by atoms with Crippen molar-refractivity contribution in [2.24, 2.45) is 0 Å². The fraction of sp³-hybridized carbons (Fsp3) is 0.250. The zero-order chi connectivity index (χ0) is 23.1. The molecule has 8 heteroatoms. The van der Waals surface area contributed by atoms with Crippen molar-refractivity contribution >= 4 is 39.3 Å². The van der Waals surface area contributed by atoms with Crippen molar-refractivity contribution in [2.45, 2.75) is 26.3 Å². The number of halogens is 2. The molecule has 3 aromatic rings. The first kappa shape index (κ1) is 23.9. The lowest BCUT2D eigenvalue weighted by molar-refractivity contribution is -0.121. The number of aromatic nitrogens is 2. The van der Waals surface area contributed by atoms with Crippen LogP contribution >= 0.6 is 27.5 Å². The van der Waals surface area contributed by atoms with Gasteiger partial charge >= 0.3 is 0 Å². The first-order valence-corrected chi connectivity index (χ1v) is 11.4. The van der Waals surface area contributed by atoms with E-state index in [-0.39, 0.29) is 23.6 Å². The Morgan fingerprint density at radius 1 is 1.22 bits per heavy atom. The van der Waals surface area contributed by atoms with Crippen LogP contribution < -0.4 is 5.32 Å². The van der Waals surface area contributed by atoms with Crippen LogP contribution in [-0.4, -0.2) is 40.3 Å². The third-order valence-electron chi connectivity index (χ3n) is 4.97. The zero-order valence-electron chi connectivity index (χ0n) is 17.9. The highest BCUT2D eigenvalue weighted by molar-refractivity contribution is 9.10. The number of rotatable bonds is 5. The molecule has 32 heavy (non-hydrogen) atoms. The summed E-state index contributed by atoms with van der Waals surface area (Å²) in [6.45, 7) is 2.67. The molecular weight excluding hydrogens is 492 g/mol. The fourth-order valence-electron chi connectivity index (χ4n) is 3.37. The van der Waals surface area contributed by atoms with Crippen molar-refractivity contribution in [1.82, 2.24) is 20.2 Å². The smallest absolute Gasteiger partial charge is 0.254 e. The molecule has 0 aliphatic carbocycles. The SMILES string of the molecule is CCCc1ccccc1.CNC(=O)CN1Cc2ccc(-c3nc(Cl)ncc3Br)cc2C1=O. The monoisotopic (exact) mass is 514 g/mol. The van der Waals surface area contributed by atoms with E-state index in [1.807, 2.05) is 12.1 Å². The number of aryl methyl sites for hydroxylation is 1. The van der Waals surface area contributed by atoms with E-state index in [4.69, 9.17) is 11.6 Å². The molecule has 166 valence electrons. The molecule has 2 heterocycles. The number of carbonyl (C=O) groups is 2. The number of nitrogens with one attached hydrogen (secondary N) is 1. The molecule has 1 N–H and O–H groups in total. The van der Waals surface area contributed by atoms with Gasteiger partial charge in [0.2, 0.25) is 11.2 Å². The summed E-state index contributed by atoms with van der Waals surface area (Å²) in [6, 6.07) is 16.1. The van der Waals surface area contributed by atoms with Crippen LogP contribution in [0.2, 0.25) is 5.28 Å². The molecule has 1 aliphatic rings. The Morgan fingerprint density at radius 2 is 1.97 bits per heavy atom. The lowest BCUT2D eigenvalue weighted by atomic mass is 10.0. The van der Waals surface area contributed by atoms with Crippen LogP contribution in [0.15, 0.2) is 59.2 Å². The van der Waals surface area contributed by atoms with E-state index < -0.39 is 0 Å². The van der Waals surface area contributed by atoms with Gasteiger partial charge in [0.25, 0.3) is 5.91 Å². The van der Waals surface area contributed by atoms with E-state index in [0.717, 1.165) is 11.1 Å². The van der Waals surface area contributed by atoms with Crippen LogP contribution in [0.4, 0.5) is 0 Å². The van der Waals surface area contributed by atoms with E-state index >= 15 is 0 Å². The van der Waals surface area contributed by atoms with Gasteiger partial charge in [0, 0.05) is 30.9 Å². The van der Waals surface area contributed by atoms with Crippen LogP contribution in [0.1, 0.15) is 34.8 Å². The Labute approximate surface area is 201 Å². The molecule has 2 amide bonds. The number of hydrogen-bond donors (Lipinski definition) is 1. The van der Waals surface area contributed by atoms with Gasteiger partial charge in [-0.3, -0.25) is 9.59 Å². The van der Waals surface area contributed by atoms with Crippen molar-refractivity contribution in [3.63, 3.8) is 0 Å². The molecule has 1 aliphatic heterocycles. The molecule has 0 atom stereocenters. The number of hydrogen-bond acceptors (Lipinski definition) is 4. The normalized spacial score (nSPS) is 12.1. The average molecular weight is 516 g/mol. The lowest BCUT2D eigenvalue weighted by Gasteiger charge is -2.13. The van der Waals surface area contributed by atoms with Crippen LogP contribution in [0.5, 0.6) is 0 Å². The highest BCUT2D eigenvalue weighted by Gasteiger charge is 2.29. The minimum atomic E-state index is -0.197. The predicted molar refractivity (Wildman–Crippen MR) is 129 cm³/mol. The van der Waals surface area contributed by atoms with Gasteiger partial charge in [-0.15, -0.1) is 0 Å². The zero-order valence-corrected chi connectivity index (χ0v) is 20.3. The largest absolute Gasteiger partial charge is 0.358 e. The molecule has 0 radical (unpaired) electrons. The number of nitrogens with zero attached hydrogens (tertiary/aromatic N) is 3. The second-order valence-corrected chi connectivity index (χ2v) is 8.47. The van der Waals surface area contributed by atoms with Crippen LogP contribution in [0, 0.1) is 0 Å². The van der Waals surface area contributed by atoms with Gasteiger partial charge in [-0.1, -0.05) is 55.8 Å². The Hall–Kier alpha value is -2.77. The predicted octanol–water partition coefficient (Wildman–Crippen LogP) is 4.90. The number of benzene rings is 2. The maximum atomic E-state index is 12.5. The molecule has 0 saturated heterocycles. The molecule has 6 nitrogen and oxygen atoms in total. The maximum Gasteiger partial charge on any atom is 0.254 e. The summed E-state index contributed by atoms with van der Waals surface area (Å²) in [7, 11) is 1.55. The maximum absolute atomic E-state index is 12.5. The Balaban J connectivity index is 0.000000269. The molecule has 0 fully saturated rings. The standard InChI is InChI=1S/C15H12BrClN4O2.C9H12/c1-18-12(22)7-21-6-9-3-2-8(4-10(9)14(21)23)13-11(16)5-19-15(17)20-13;1-2-6-9-7-4-3-5-8-9/h2-5H,6-7H2,1H3,(H,18,22);3-5,7-8H,2,6H2,1H3. The molecule has 4 rings (SSSR count). The molecule has 0 saturated carbocycles. The Bertz CT molecular complexity index is 1110. The molecular formula is C24H24BrClN4O2. The van der Waals surface area contributed by atoms with Crippen molar-refractivity contribution in [3.05, 3.63) is 81.2 Å². The van der Waals surface area contributed by atoms with E-state index in [1.54, 1.807) is 19.3 Å². The van der Waals surface area contributed by atoms with Crippen molar-refractivity contribution < 1.29 is 9.59 Å². The van der Waals surface area contributed by atoms with Gasteiger partial charge in [-0.05, 0) is 51.1 Å². The highest BCUT2D eigenvalue weighted by Crippen LogP contribution is 2.31. The van der Waals surface area contributed by atoms with Crippen molar-refractivity contribution in [3.8, 4) is 11.3 Å². The minimum Gasteiger partial charge on any atom is -0.358 e. The second-order valence-electron chi connectivity index (χ2n) is 7.28. The summed E-state index contributed by atoms with van der Waals surface area (Å²) in [5.41, 5.74) is 4.28. The Kier molecular flexibility index (Phi) is 8.36. The molecule has 1 aromatic heterocycles. The fourth-order valence-corrected chi connectivity index (χ4v) is 3.92. The van der Waals surface area contributed by atoms with Gasteiger partial charge in [-0.2, -0.15) is 0 Å². The highest BCUT2D eigenvalue weighted by atomic mass is 79.9. The third-order valence-corrected chi connectivity index (χ3v) is 5.73. The van der Waals surface area contributed by atoms with Gasteiger partial charge < -0.3 is 10.2 Å². The van der Waals surface area contributed by atoms with E-state index in [9.17, 15) is 9.59 Å². The number of fused-ring (bicyclic) bond motifs is 1. The summed E-state index contributed by atoms with van der Waals surface area (Å²) in [5, 5.41) is 2.65. The van der Waals surface area contributed by atoms with Gasteiger partial charge in [-0.25, -0.2) is 9.97 Å². The summed E-state index contributed by atoms with van der Waals surface area (Å²) in [5.74, 6) is -0.363. The minimum absolute atomic E-state index is 0.0440. The quantitative estimate of drug-likeness (QED) is 0.491. The second kappa shape index (κ2) is 11.2. The number of likely N-dealkylation sites (N-methyl/N-ethyl adjacent to an activating group) is 1. The van der Waals surface area contributed by atoms with E-state index in [0.29, 0.717) is 22.3 Å². The third kappa shape index (κ3) is 5.93. The first-order valence-electron chi connectivity index (χ1n) is 10.3. The summed E-state index contributed by atoms with van der Waals surface area (Å²) in [6.07, 6.45) is 4.02. The van der Waals surface area contributed by atoms with Crippen molar-refractivity contribution in [1.29, 1.82) is 0 Å². The van der Waals surface area contributed by atoms with Gasteiger partial charge in [0.05, 0.1) is 10.2 Å².